The molecule has 0 aliphatic rings. The van der Waals surface area contributed by atoms with Gasteiger partial charge in [-0.1, -0.05) is 12.1 Å². The van der Waals surface area contributed by atoms with E-state index >= 15 is 0 Å². The molecule has 4 heteroatoms. The first kappa shape index (κ1) is 13.4. The summed E-state index contributed by atoms with van der Waals surface area (Å²) in [6, 6.07) is 13.9. The van der Waals surface area contributed by atoms with Gasteiger partial charge in [0, 0.05) is 17.6 Å². The molecule has 3 rings (SSSR count). The lowest BCUT2D eigenvalue weighted by Gasteiger charge is -2.02. The Morgan fingerprint density at radius 2 is 1.90 bits per heavy atom. The molecular weight excluding hydrogens is 269 g/mol. The van der Waals surface area contributed by atoms with Crippen molar-refractivity contribution in [3.8, 4) is 0 Å². The summed E-state index contributed by atoms with van der Waals surface area (Å²) >= 11 is 0. The number of ether oxygens (including phenoxy) is 1. The summed E-state index contributed by atoms with van der Waals surface area (Å²) in [6.07, 6.45) is 0.692. The predicted molar refractivity (Wildman–Crippen MR) is 78.8 cm³/mol. The van der Waals surface area contributed by atoms with Gasteiger partial charge in [-0.25, -0.2) is 9.18 Å². The van der Waals surface area contributed by atoms with Crippen molar-refractivity contribution in [1.82, 2.24) is 4.98 Å². The van der Waals surface area contributed by atoms with E-state index in [1.807, 2.05) is 18.2 Å². The van der Waals surface area contributed by atoms with Gasteiger partial charge in [0.25, 0.3) is 0 Å². The van der Waals surface area contributed by atoms with Gasteiger partial charge in [0.1, 0.15) is 5.82 Å². The van der Waals surface area contributed by atoms with Crippen LogP contribution in [0, 0.1) is 5.82 Å². The Morgan fingerprint density at radius 3 is 2.62 bits per heavy atom. The van der Waals surface area contributed by atoms with Crippen LogP contribution in [0.4, 0.5) is 4.39 Å². The van der Waals surface area contributed by atoms with Crippen molar-refractivity contribution in [1.29, 1.82) is 0 Å². The first-order chi connectivity index (χ1) is 10.2. The van der Waals surface area contributed by atoms with Crippen LogP contribution in [0.2, 0.25) is 0 Å². The smallest absolute Gasteiger partial charge is 0.337 e. The topological polar surface area (TPSA) is 42.1 Å². The van der Waals surface area contributed by atoms with Crippen molar-refractivity contribution < 1.29 is 13.9 Å². The number of fused-ring (bicyclic) bond motifs is 1. The Morgan fingerprint density at radius 1 is 1.14 bits per heavy atom. The fraction of sp³-hybridized carbons (Fsp3) is 0.118. The Kier molecular flexibility index (Phi) is 3.44. The van der Waals surface area contributed by atoms with E-state index in [1.54, 1.807) is 18.2 Å². The van der Waals surface area contributed by atoms with Crippen LogP contribution in [0.25, 0.3) is 10.9 Å². The quantitative estimate of drug-likeness (QED) is 0.745. The number of carbonyl (C=O) groups is 1. The van der Waals surface area contributed by atoms with Gasteiger partial charge in [0.05, 0.1) is 12.7 Å². The first-order valence-electron chi connectivity index (χ1n) is 6.60. The van der Waals surface area contributed by atoms with Gasteiger partial charge in [0.2, 0.25) is 0 Å². The summed E-state index contributed by atoms with van der Waals surface area (Å²) in [4.78, 5) is 14.6. The van der Waals surface area contributed by atoms with E-state index < -0.39 is 0 Å². The van der Waals surface area contributed by atoms with Crippen LogP contribution in [0.1, 0.15) is 21.6 Å². The zero-order valence-electron chi connectivity index (χ0n) is 11.5. The summed E-state index contributed by atoms with van der Waals surface area (Å²) in [7, 11) is 1.36. The molecule has 0 bridgehead atoms. The van der Waals surface area contributed by atoms with Crippen LogP contribution in [0.5, 0.6) is 0 Å². The van der Waals surface area contributed by atoms with Crippen LogP contribution in [-0.2, 0) is 11.2 Å². The van der Waals surface area contributed by atoms with Crippen LogP contribution >= 0.6 is 0 Å². The average molecular weight is 283 g/mol. The number of aromatic nitrogens is 1. The lowest BCUT2D eigenvalue weighted by molar-refractivity contribution is 0.0600. The molecule has 106 valence electrons. The van der Waals surface area contributed by atoms with Gasteiger partial charge in [-0.05, 0) is 47.3 Å². The molecule has 1 N–H and O–H groups in total. The van der Waals surface area contributed by atoms with Crippen LogP contribution in [0.15, 0.2) is 48.5 Å². The second-order valence-electron chi connectivity index (χ2n) is 4.89. The minimum atomic E-state index is -0.345. The van der Waals surface area contributed by atoms with Crippen LogP contribution in [0.3, 0.4) is 0 Å². The highest BCUT2D eigenvalue weighted by Gasteiger charge is 2.06. The van der Waals surface area contributed by atoms with Gasteiger partial charge in [0.15, 0.2) is 0 Å². The molecule has 0 amide bonds. The highest BCUT2D eigenvalue weighted by Crippen LogP contribution is 2.19. The average Bonchev–Trinajstić information content (AvgIpc) is 2.88. The molecule has 0 atom stereocenters. The van der Waals surface area contributed by atoms with E-state index in [1.165, 1.54) is 19.2 Å². The van der Waals surface area contributed by atoms with Gasteiger partial charge < -0.3 is 9.72 Å². The summed E-state index contributed by atoms with van der Waals surface area (Å²) in [5.74, 6) is -0.596. The summed E-state index contributed by atoms with van der Waals surface area (Å²) in [5, 5.41) is 0.984. The fourth-order valence-corrected chi connectivity index (χ4v) is 2.35. The third-order valence-electron chi connectivity index (χ3n) is 3.41. The number of hydrogen-bond acceptors (Lipinski definition) is 2. The highest BCUT2D eigenvalue weighted by atomic mass is 19.1. The van der Waals surface area contributed by atoms with E-state index in [2.05, 4.69) is 9.72 Å². The molecule has 0 unspecified atom stereocenters. The van der Waals surface area contributed by atoms with Crippen LogP contribution < -0.4 is 0 Å². The number of benzene rings is 2. The molecule has 2 aromatic carbocycles. The number of hydrogen-bond donors (Lipinski definition) is 1. The maximum atomic E-state index is 13.2. The zero-order valence-corrected chi connectivity index (χ0v) is 11.5. The standard InChI is InChI=1S/C17H14FNO2/c1-21-17(20)12-4-2-11(3-5-12)8-15-9-13-6-7-14(18)10-16(13)19-15/h2-7,9-10,19H,8H2,1H3. The Labute approximate surface area is 121 Å². The monoisotopic (exact) mass is 283 g/mol. The third kappa shape index (κ3) is 2.79. The molecule has 0 spiro atoms. The van der Waals surface area contributed by atoms with Crippen molar-refractivity contribution >= 4 is 16.9 Å². The van der Waals surface area contributed by atoms with Gasteiger partial charge >= 0.3 is 5.97 Å². The molecular formula is C17H14FNO2. The largest absolute Gasteiger partial charge is 0.465 e. The molecule has 21 heavy (non-hydrogen) atoms. The van der Waals surface area contributed by atoms with E-state index in [0.717, 1.165) is 22.2 Å². The molecule has 3 nitrogen and oxygen atoms in total. The molecule has 0 radical (unpaired) electrons. The number of halogens is 1. The zero-order chi connectivity index (χ0) is 14.8. The molecule has 0 saturated heterocycles. The number of nitrogens with one attached hydrogen (secondary N) is 1. The summed E-state index contributed by atoms with van der Waals surface area (Å²) in [6.45, 7) is 0. The second-order valence-corrected chi connectivity index (χ2v) is 4.89. The first-order valence-corrected chi connectivity index (χ1v) is 6.60. The molecule has 0 aliphatic carbocycles. The number of esters is 1. The summed E-state index contributed by atoms with van der Waals surface area (Å²) in [5.41, 5.74) is 3.38. The predicted octanol–water partition coefficient (Wildman–Crippen LogP) is 3.68. The number of carbonyl (C=O) groups excluding carboxylic acids is 1. The lowest BCUT2D eigenvalue weighted by Crippen LogP contribution is -2.01. The number of aromatic amines is 1. The normalized spacial score (nSPS) is 10.8. The molecule has 0 saturated carbocycles. The lowest BCUT2D eigenvalue weighted by atomic mass is 10.1. The number of methoxy groups -OCH3 is 1. The van der Waals surface area contributed by atoms with Crippen molar-refractivity contribution in [3.05, 3.63) is 71.2 Å². The number of H-pyrrole nitrogens is 1. The van der Waals surface area contributed by atoms with Gasteiger partial charge in [-0.2, -0.15) is 0 Å². The van der Waals surface area contributed by atoms with Crippen molar-refractivity contribution in [2.24, 2.45) is 0 Å². The Bertz CT molecular complexity index is 790. The Balaban J connectivity index is 1.83. The van der Waals surface area contributed by atoms with Crippen molar-refractivity contribution in [2.75, 3.05) is 7.11 Å². The minimum absolute atomic E-state index is 0.252. The highest BCUT2D eigenvalue weighted by molar-refractivity contribution is 5.89. The molecule has 0 fully saturated rings. The van der Waals surface area contributed by atoms with E-state index in [9.17, 15) is 9.18 Å². The minimum Gasteiger partial charge on any atom is -0.465 e. The van der Waals surface area contributed by atoms with Gasteiger partial charge in [-0.15, -0.1) is 0 Å². The van der Waals surface area contributed by atoms with E-state index in [-0.39, 0.29) is 11.8 Å². The molecule has 1 aromatic heterocycles. The third-order valence-corrected chi connectivity index (χ3v) is 3.41. The van der Waals surface area contributed by atoms with E-state index in [4.69, 9.17) is 0 Å². The maximum absolute atomic E-state index is 13.2. The van der Waals surface area contributed by atoms with E-state index in [0.29, 0.717) is 12.0 Å². The van der Waals surface area contributed by atoms with Crippen LogP contribution in [-0.4, -0.2) is 18.1 Å². The van der Waals surface area contributed by atoms with Gasteiger partial charge in [-0.3, -0.25) is 0 Å². The number of rotatable bonds is 3. The second kappa shape index (κ2) is 5.40. The molecule has 0 aliphatic heterocycles. The molecule has 3 aromatic rings. The van der Waals surface area contributed by atoms with Crippen molar-refractivity contribution in [2.45, 2.75) is 6.42 Å². The Hall–Kier alpha value is -2.62. The molecule has 1 heterocycles. The summed E-state index contributed by atoms with van der Waals surface area (Å²) < 4.78 is 17.8. The maximum Gasteiger partial charge on any atom is 0.337 e. The SMILES string of the molecule is COC(=O)c1ccc(Cc2cc3ccc(F)cc3[nH]2)cc1. The fourth-order valence-electron chi connectivity index (χ4n) is 2.35. The van der Waals surface area contributed by atoms with Crippen molar-refractivity contribution in [3.63, 3.8) is 0 Å².